The highest BCUT2D eigenvalue weighted by molar-refractivity contribution is 5.85. The van der Waals surface area contributed by atoms with Crippen molar-refractivity contribution in [3.63, 3.8) is 0 Å². The van der Waals surface area contributed by atoms with Crippen LogP contribution in [0.25, 0.3) is 0 Å². The van der Waals surface area contributed by atoms with Gasteiger partial charge >= 0.3 is 6.09 Å². The summed E-state index contributed by atoms with van der Waals surface area (Å²) in [5.74, 6) is 1.46. The Bertz CT molecular complexity index is 462. The standard InChI is InChI=1S/C16H24N2O2/c1-11-7-8-12(2)15(9-11)17-13-5-4-6-14(10-13)18-16(19)20-3/h4-6,10-12,15,17H,7-9H2,1-3H3,(H,18,19). The summed E-state index contributed by atoms with van der Waals surface area (Å²) in [6.45, 7) is 4.62. The van der Waals surface area contributed by atoms with E-state index in [2.05, 4.69) is 29.2 Å². The SMILES string of the molecule is COC(=O)Nc1cccc(NC2CC(C)CCC2C)c1. The predicted octanol–water partition coefficient (Wildman–Crippen LogP) is 4.10. The Balaban J connectivity index is 2.01. The van der Waals surface area contributed by atoms with Gasteiger partial charge in [0.2, 0.25) is 0 Å². The zero-order valence-corrected chi connectivity index (χ0v) is 12.5. The fraction of sp³-hybridized carbons (Fsp3) is 0.562. The van der Waals surface area contributed by atoms with Crippen molar-refractivity contribution in [2.45, 2.75) is 39.2 Å². The van der Waals surface area contributed by atoms with Gasteiger partial charge < -0.3 is 10.1 Å². The monoisotopic (exact) mass is 276 g/mol. The van der Waals surface area contributed by atoms with Gasteiger partial charge in [-0.3, -0.25) is 5.32 Å². The third-order valence-electron chi connectivity index (χ3n) is 4.10. The van der Waals surface area contributed by atoms with Crippen LogP contribution in [0.2, 0.25) is 0 Å². The first-order valence-electron chi connectivity index (χ1n) is 7.30. The average Bonchev–Trinajstić information content (AvgIpc) is 2.43. The molecule has 1 aliphatic carbocycles. The van der Waals surface area contributed by atoms with Crippen LogP contribution in [-0.4, -0.2) is 19.2 Å². The fourth-order valence-corrected chi connectivity index (χ4v) is 2.80. The van der Waals surface area contributed by atoms with E-state index in [0.717, 1.165) is 17.3 Å². The molecular weight excluding hydrogens is 252 g/mol. The van der Waals surface area contributed by atoms with E-state index in [-0.39, 0.29) is 0 Å². The lowest BCUT2D eigenvalue weighted by molar-refractivity contribution is 0.187. The number of nitrogens with one attached hydrogen (secondary N) is 2. The quantitative estimate of drug-likeness (QED) is 0.873. The number of ether oxygens (including phenoxy) is 1. The van der Waals surface area contributed by atoms with E-state index in [1.54, 1.807) is 0 Å². The smallest absolute Gasteiger partial charge is 0.411 e. The van der Waals surface area contributed by atoms with Gasteiger partial charge in [-0.15, -0.1) is 0 Å². The highest BCUT2D eigenvalue weighted by atomic mass is 16.5. The van der Waals surface area contributed by atoms with Crippen molar-refractivity contribution in [1.82, 2.24) is 0 Å². The van der Waals surface area contributed by atoms with Gasteiger partial charge in [-0.05, 0) is 42.9 Å². The second-order valence-electron chi connectivity index (χ2n) is 5.84. The molecule has 4 nitrogen and oxygen atoms in total. The zero-order valence-electron chi connectivity index (χ0n) is 12.5. The van der Waals surface area contributed by atoms with Crippen LogP contribution < -0.4 is 10.6 Å². The largest absolute Gasteiger partial charge is 0.453 e. The Morgan fingerprint density at radius 3 is 2.75 bits per heavy atom. The van der Waals surface area contributed by atoms with Crippen molar-refractivity contribution in [2.24, 2.45) is 11.8 Å². The summed E-state index contributed by atoms with van der Waals surface area (Å²) >= 11 is 0. The van der Waals surface area contributed by atoms with E-state index in [1.807, 2.05) is 24.3 Å². The topological polar surface area (TPSA) is 50.4 Å². The number of hydrogen-bond donors (Lipinski definition) is 2. The molecule has 0 aliphatic heterocycles. The van der Waals surface area contributed by atoms with Crippen molar-refractivity contribution in [1.29, 1.82) is 0 Å². The van der Waals surface area contributed by atoms with Crippen LogP contribution in [0.4, 0.5) is 16.2 Å². The Morgan fingerprint density at radius 1 is 1.25 bits per heavy atom. The second-order valence-corrected chi connectivity index (χ2v) is 5.84. The molecule has 20 heavy (non-hydrogen) atoms. The third kappa shape index (κ3) is 3.89. The van der Waals surface area contributed by atoms with Crippen LogP contribution in [0.1, 0.15) is 33.1 Å². The van der Waals surface area contributed by atoms with Crippen molar-refractivity contribution >= 4 is 17.5 Å². The summed E-state index contributed by atoms with van der Waals surface area (Å²) in [7, 11) is 1.36. The molecule has 0 aromatic heterocycles. The molecule has 0 radical (unpaired) electrons. The van der Waals surface area contributed by atoms with Gasteiger partial charge in [-0.1, -0.05) is 26.3 Å². The molecule has 1 aromatic carbocycles. The summed E-state index contributed by atoms with van der Waals surface area (Å²) in [6.07, 6.45) is 3.36. The van der Waals surface area contributed by atoms with Gasteiger partial charge in [-0.25, -0.2) is 4.79 Å². The van der Waals surface area contributed by atoms with E-state index in [9.17, 15) is 4.79 Å². The molecule has 0 bridgehead atoms. The van der Waals surface area contributed by atoms with Crippen molar-refractivity contribution in [2.75, 3.05) is 17.7 Å². The maximum atomic E-state index is 11.2. The second kappa shape index (κ2) is 6.64. The Hall–Kier alpha value is -1.71. The molecule has 110 valence electrons. The predicted molar refractivity (Wildman–Crippen MR) is 82.1 cm³/mol. The van der Waals surface area contributed by atoms with Gasteiger partial charge in [0.05, 0.1) is 7.11 Å². The number of methoxy groups -OCH3 is 1. The molecule has 3 unspecified atom stereocenters. The van der Waals surface area contributed by atoms with E-state index >= 15 is 0 Å². The van der Waals surface area contributed by atoms with Gasteiger partial charge in [0, 0.05) is 17.4 Å². The lowest BCUT2D eigenvalue weighted by atomic mass is 9.80. The number of hydrogen-bond acceptors (Lipinski definition) is 3. The molecule has 1 aromatic rings. The molecule has 1 aliphatic rings. The van der Waals surface area contributed by atoms with E-state index < -0.39 is 6.09 Å². The number of benzene rings is 1. The fourth-order valence-electron chi connectivity index (χ4n) is 2.80. The first-order chi connectivity index (χ1) is 9.58. The van der Waals surface area contributed by atoms with E-state index in [0.29, 0.717) is 12.0 Å². The molecule has 1 saturated carbocycles. The molecule has 1 fully saturated rings. The number of carbonyl (C=O) groups is 1. The normalized spacial score (nSPS) is 25.9. The number of carbonyl (C=O) groups excluding carboxylic acids is 1. The first kappa shape index (κ1) is 14.7. The summed E-state index contributed by atoms with van der Waals surface area (Å²) in [6, 6.07) is 8.28. The van der Waals surface area contributed by atoms with Crippen LogP contribution in [0.3, 0.4) is 0 Å². The maximum absolute atomic E-state index is 11.2. The van der Waals surface area contributed by atoms with Gasteiger partial charge in [-0.2, -0.15) is 0 Å². The molecule has 2 rings (SSSR count). The summed E-state index contributed by atoms with van der Waals surface area (Å²) < 4.78 is 4.60. The summed E-state index contributed by atoms with van der Waals surface area (Å²) in [4.78, 5) is 11.2. The molecule has 0 saturated heterocycles. The minimum atomic E-state index is -0.443. The van der Waals surface area contributed by atoms with Crippen LogP contribution >= 0.6 is 0 Å². The first-order valence-corrected chi connectivity index (χ1v) is 7.30. The van der Waals surface area contributed by atoms with Crippen molar-refractivity contribution in [3.8, 4) is 0 Å². The minimum absolute atomic E-state index is 0.443. The van der Waals surface area contributed by atoms with E-state index in [1.165, 1.54) is 26.4 Å². The lowest BCUT2D eigenvalue weighted by Gasteiger charge is -2.34. The number of anilines is 2. The van der Waals surface area contributed by atoms with Crippen LogP contribution in [0, 0.1) is 11.8 Å². The Morgan fingerprint density at radius 2 is 2.00 bits per heavy atom. The van der Waals surface area contributed by atoms with E-state index in [4.69, 9.17) is 0 Å². The molecule has 0 heterocycles. The van der Waals surface area contributed by atoms with Crippen molar-refractivity contribution in [3.05, 3.63) is 24.3 Å². The number of rotatable bonds is 3. The molecule has 2 N–H and O–H groups in total. The molecule has 1 amide bonds. The average molecular weight is 276 g/mol. The third-order valence-corrected chi connectivity index (χ3v) is 4.10. The molecule has 4 heteroatoms. The Labute approximate surface area is 120 Å². The van der Waals surface area contributed by atoms with Crippen LogP contribution in [0.5, 0.6) is 0 Å². The van der Waals surface area contributed by atoms with Gasteiger partial charge in [0.15, 0.2) is 0 Å². The van der Waals surface area contributed by atoms with Crippen molar-refractivity contribution < 1.29 is 9.53 Å². The molecule has 0 spiro atoms. The maximum Gasteiger partial charge on any atom is 0.411 e. The highest BCUT2D eigenvalue weighted by Gasteiger charge is 2.25. The molecular formula is C16H24N2O2. The highest BCUT2D eigenvalue weighted by Crippen LogP contribution is 2.31. The van der Waals surface area contributed by atoms with Gasteiger partial charge in [0.25, 0.3) is 0 Å². The summed E-state index contributed by atoms with van der Waals surface area (Å²) in [5.41, 5.74) is 1.79. The molecule has 3 atom stereocenters. The lowest BCUT2D eigenvalue weighted by Crippen LogP contribution is -2.33. The zero-order chi connectivity index (χ0) is 14.5. The van der Waals surface area contributed by atoms with Crippen LogP contribution in [-0.2, 0) is 4.74 Å². The minimum Gasteiger partial charge on any atom is -0.453 e. The van der Waals surface area contributed by atoms with Gasteiger partial charge in [0.1, 0.15) is 0 Å². The van der Waals surface area contributed by atoms with Crippen LogP contribution in [0.15, 0.2) is 24.3 Å². The number of amides is 1. The summed E-state index contributed by atoms with van der Waals surface area (Å²) in [5, 5.41) is 6.29. The Kier molecular flexibility index (Phi) is 4.88.